The van der Waals surface area contributed by atoms with Crippen molar-refractivity contribution in [3.05, 3.63) is 87.7 Å². The molecule has 3 N–H and O–H groups in total. The van der Waals surface area contributed by atoms with Gasteiger partial charge in [0.2, 0.25) is 10.0 Å². The first kappa shape index (κ1) is 21.4. The van der Waals surface area contributed by atoms with E-state index in [-0.39, 0.29) is 16.5 Å². The summed E-state index contributed by atoms with van der Waals surface area (Å²) >= 11 is 12.1. The number of primary sulfonamides is 1. The number of hydrogen-bond acceptors (Lipinski definition) is 4. The maximum atomic E-state index is 13.2. The maximum Gasteiger partial charge on any atom is 0.238 e. The molecule has 0 amide bonds. The Kier molecular flexibility index (Phi) is 6.64. The van der Waals surface area contributed by atoms with Crippen LogP contribution in [-0.2, 0) is 23.2 Å². The van der Waals surface area contributed by atoms with Crippen LogP contribution in [0.2, 0.25) is 10.0 Å². The van der Waals surface area contributed by atoms with Crippen molar-refractivity contribution < 1.29 is 17.5 Å². The highest BCUT2D eigenvalue weighted by molar-refractivity contribution is 7.89. The van der Waals surface area contributed by atoms with Crippen molar-refractivity contribution in [3.8, 4) is 5.75 Å². The number of halogens is 3. The van der Waals surface area contributed by atoms with E-state index in [0.717, 1.165) is 5.56 Å². The summed E-state index contributed by atoms with van der Waals surface area (Å²) in [4.78, 5) is 0.0333. The molecule has 152 valence electrons. The van der Waals surface area contributed by atoms with Gasteiger partial charge in [-0.1, -0.05) is 29.3 Å². The molecule has 0 saturated carbocycles. The number of hydrogen-bond donors (Lipinski definition) is 2. The summed E-state index contributed by atoms with van der Waals surface area (Å²) < 4.78 is 41.7. The molecule has 29 heavy (non-hydrogen) atoms. The number of rotatable bonds is 7. The summed E-state index contributed by atoms with van der Waals surface area (Å²) in [7, 11) is -3.74. The second kappa shape index (κ2) is 9.00. The molecule has 0 radical (unpaired) electrons. The molecule has 3 aromatic rings. The third-order valence-electron chi connectivity index (χ3n) is 4.09. The fraction of sp³-hybridized carbons (Fsp3) is 0.100. The van der Waals surface area contributed by atoms with Crippen molar-refractivity contribution in [2.45, 2.75) is 18.0 Å². The molecule has 3 aromatic carbocycles. The van der Waals surface area contributed by atoms with Gasteiger partial charge >= 0.3 is 0 Å². The average Bonchev–Trinajstić information content (AvgIpc) is 2.66. The van der Waals surface area contributed by atoms with Crippen molar-refractivity contribution in [2.75, 3.05) is 5.32 Å². The van der Waals surface area contributed by atoms with Crippen molar-refractivity contribution in [3.63, 3.8) is 0 Å². The number of sulfonamides is 1. The van der Waals surface area contributed by atoms with Crippen LogP contribution in [0.15, 0.2) is 65.6 Å². The molecule has 0 aliphatic carbocycles. The normalized spacial score (nSPS) is 11.3. The lowest BCUT2D eigenvalue weighted by atomic mass is 10.2. The van der Waals surface area contributed by atoms with E-state index in [2.05, 4.69) is 5.32 Å². The first-order valence-corrected chi connectivity index (χ1v) is 10.7. The third kappa shape index (κ3) is 5.83. The molecule has 0 fully saturated rings. The third-order valence-corrected chi connectivity index (χ3v) is 5.60. The Bertz CT molecular complexity index is 1120. The highest BCUT2D eigenvalue weighted by Gasteiger charge is 2.09. The van der Waals surface area contributed by atoms with Crippen LogP contribution in [0.1, 0.15) is 11.1 Å². The minimum absolute atomic E-state index is 0.0333. The number of benzene rings is 3. The Balaban J connectivity index is 1.71. The smallest absolute Gasteiger partial charge is 0.238 e. The lowest BCUT2D eigenvalue weighted by Crippen LogP contribution is -2.12. The van der Waals surface area contributed by atoms with Gasteiger partial charge in [-0.15, -0.1) is 0 Å². The van der Waals surface area contributed by atoms with Gasteiger partial charge in [0.1, 0.15) is 18.2 Å². The highest BCUT2D eigenvalue weighted by atomic mass is 35.5. The van der Waals surface area contributed by atoms with Gasteiger partial charge in [-0.05, 0) is 54.6 Å². The largest absolute Gasteiger partial charge is 0.488 e. The van der Waals surface area contributed by atoms with Crippen LogP contribution in [0, 0.1) is 5.82 Å². The molecule has 0 bridgehead atoms. The van der Waals surface area contributed by atoms with Crippen LogP contribution in [0.3, 0.4) is 0 Å². The molecule has 0 aliphatic rings. The van der Waals surface area contributed by atoms with Crippen LogP contribution >= 0.6 is 23.2 Å². The zero-order valence-electron chi connectivity index (χ0n) is 15.0. The van der Waals surface area contributed by atoms with E-state index < -0.39 is 15.8 Å². The molecule has 5 nitrogen and oxygen atoms in total. The van der Waals surface area contributed by atoms with Gasteiger partial charge < -0.3 is 10.1 Å². The molecule has 0 saturated heterocycles. The van der Waals surface area contributed by atoms with Gasteiger partial charge in [0.05, 0.1) is 9.92 Å². The first-order chi connectivity index (χ1) is 13.7. The topological polar surface area (TPSA) is 81.4 Å². The first-order valence-electron chi connectivity index (χ1n) is 8.44. The minimum Gasteiger partial charge on any atom is -0.488 e. The monoisotopic (exact) mass is 454 g/mol. The van der Waals surface area contributed by atoms with Gasteiger partial charge in [-0.2, -0.15) is 0 Å². The summed E-state index contributed by atoms with van der Waals surface area (Å²) in [5, 5.41) is 9.10. The SMILES string of the molecule is NS(=O)(=O)c1ccc(NCc2cc(Cl)ccc2OCc2ccc(F)cc2Cl)cc1. The Labute approximate surface area is 178 Å². The lowest BCUT2D eigenvalue weighted by Gasteiger charge is -2.14. The Hall–Kier alpha value is -2.32. The Morgan fingerprint density at radius 1 is 0.966 bits per heavy atom. The second-order valence-electron chi connectivity index (χ2n) is 6.20. The summed E-state index contributed by atoms with van der Waals surface area (Å²) in [6.07, 6.45) is 0. The number of nitrogens with two attached hydrogens (primary N) is 1. The standard InChI is InChI=1S/C20H17Cl2FN2O3S/c21-15-2-8-20(28-12-13-1-3-16(23)10-19(13)22)14(9-15)11-25-17-4-6-18(7-5-17)29(24,26)27/h1-10,25H,11-12H2,(H2,24,26,27). The molecule has 0 heterocycles. The summed E-state index contributed by atoms with van der Waals surface area (Å²) in [6.45, 7) is 0.540. The fourth-order valence-corrected chi connectivity index (χ4v) is 3.51. The van der Waals surface area contributed by atoms with Gasteiger partial charge in [0, 0.05) is 28.4 Å². The van der Waals surface area contributed by atoms with E-state index in [9.17, 15) is 12.8 Å². The molecule has 0 aliphatic heterocycles. The predicted octanol–water partition coefficient (Wildman–Crippen LogP) is 4.97. The van der Waals surface area contributed by atoms with Crippen molar-refractivity contribution >= 4 is 38.9 Å². The molecule has 0 aromatic heterocycles. The highest BCUT2D eigenvalue weighted by Crippen LogP contribution is 2.26. The average molecular weight is 455 g/mol. The van der Waals surface area contributed by atoms with Crippen LogP contribution in [0.5, 0.6) is 5.75 Å². The molecule has 0 spiro atoms. The van der Waals surface area contributed by atoms with Crippen molar-refractivity contribution in [1.82, 2.24) is 0 Å². The molecular formula is C20H17Cl2FN2O3S. The van der Waals surface area contributed by atoms with Gasteiger partial charge in [0.15, 0.2) is 0 Å². The van der Waals surface area contributed by atoms with Crippen LogP contribution in [-0.4, -0.2) is 8.42 Å². The van der Waals surface area contributed by atoms with E-state index in [4.69, 9.17) is 33.1 Å². The zero-order chi connectivity index (χ0) is 21.0. The Morgan fingerprint density at radius 2 is 1.69 bits per heavy atom. The Morgan fingerprint density at radius 3 is 2.34 bits per heavy atom. The van der Waals surface area contributed by atoms with Crippen molar-refractivity contribution in [1.29, 1.82) is 0 Å². The molecule has 3 rings (SSSR count). The van der Waals surface area contributed by atoms with Gasteiger partial charge in [0.25, 0.3) is 0 Å². The summed E-state index contributed by atoms with van der Waals surface area (Å²) in [6, 6.07) is 15.4. The second-order valence-corrected chi connectivity index (χ2v) is 8.60. The summed E-state index contributed by atoms with van der Waals surface area (Å²) in [5.74, 6) is 0.173. The van der Waals surface area contributed by atoms with E-state index in [0.29, 0.717) is 28.6 Å². The van der Waals surface area contributed by atoms with Crippen LogP contribution in [0.4, 0.5) is 10.1 Å². The number of nitrogens with one attached hydrogen (secondary N) is 1. The molecular weight excluding hydrogens is 438 g/mol. The predicted molar refractivity (Wildman–Crippen MR) is 112 cm³/mol. The molecule has 0 atom stereocenters. The molecule has 9 heteroatoms. The zero-order valence-corrected chi connectivity index (χ0v) is 17.4. The van der Waals surface area contributed by atoms with Crippen molar-refractivity contribution in [2.24, 2.45) is 5.14 Å². The van der Waals surface area contributed by atoms with Gasteiger partial charge in [-0.3, -0.25) is 0 Å². The summed E-state index contributed by atoms with van der Waals surface area (Å²) in [5.41, 5.74) is 2.14. The molecule has 0 unspecified atom stereocenters. The number of anilines is 1. The minimum atomic E-state index is -3.74. The fourth-order valence-electron chi connectivity index (χ4n) is 2.58. The maximum absolute atomic E-state index is 13.2. The van der Waals surface area contributed by atoms with Crippen LogP contribution in [0.25, 0.3) is 0 Å². The van der Waals surface area contributed by atoms with E-state index in [1.807, 2.05) is 0 Å². The van der Waals surface area contributed by atoms with E-state index >= 15 is 0 Å². The van der Waals surface area contributed by atoms with Gasteiger partial charge in [-0.25, -0.2) is 17.9 Å². The van der Waals surface area contributed by atoms with Crippen LogP contribution < -0.4 is 15.2 Å². The lowest BCUT2D eigenvalue weighted by molar-refractivity contribution is 0.303. The number of ether oxygens (including phenoxy) is 1. The van der Waals surface area contributed by atoms with E-state index in [1.54, 1.807) is 36.4 Å². The quantitative estimate of drug-likeness (QED) is 0.527. The van der Waals surface area contributed by atoms with E-state index in [1.165, 1.54) is 24.3 Å².